The second-order valence-corrected chi connectivity index (χ2v) is 9.27. The lowest BCUT2D eigenvalue weighted by molar-refractivity contribution is 0.265. The van der Waals surface area contributed by atoms with E-state index in [1.165, 1.54) is 6.07 Å². The molecule has 0 bridgehead atoms. The molecular weight excluding hydrogens is 518 g/mol. The number of pyridine rings is 2. The fraction of sp³-hybridized carbons (Fsp3) is 0.440. The molecule has 1 aromatic carbocycles. The number of aromatic hydroxyl groups is 1. The first kappa shape index (κ1) is 27.7. The van der Waals surface area contributed by atoms with Crippen molar-refractivity contribution in [1.29, 1.82) is 0 Å². The van der Waals surface area contributed by atoms with Gasteiger partial charge in [-0.2, -0.15) is 0 Å². The van der Waals surface area contributed by atoms with Gasteiger partial charge in [0.25, 0.3) is 16.7 Å². The summed E-state index contributed by atoms with van der Waals surface area (Å²) in [6, 6.07) is 3.09. The lowest BCUT2D eigenvalue weighted by atomic mass is 9.89. The van der Waals surface area contributed by atoms with Crippen molar-refractivity contribution in [3.63, 3.8) is 0 Å². The van der Waals surface area contributed by atoms with E-state index in [1.807, 2.05) is 11.9 Å². The molecule has 12 nitrogen and oxygen atoms in total. The fourth-order valence-electron chi connectivity index (χ4n) is 5.34. The molecule has 2 aromatic rings. The van der Waals surface area contributed by atoms with E-state index < -0.39 is 29.9 Å². The summed E-state index contributed by atoms with van der Waals surface area (Å²) in [5.74, 6) is -0.378. The van der Waals surface area contributed by atoms with Crippen LogP contribution in [-0.2, 0) is 13.1 Å². The smallest absolute Gasteiger partial charge is 0.263 e. The highest BCUT2D eigenvalue weighted by Gasteiger charge is 2.30. The van der Waals surface area contributed by atoms with E-state index in [0.717, 1.165) is 22.2 Å². The zero-order valence-corrected chi connectivity index (χ0v) is 21.7. The van der Waals surface area contributed by atoms with E-state index >= 15 is 0 Å². The van der Waals surface area contributed by atoms with Crippen LogP contribution in [0.5, 0.6) is 5.88 Å². The van der Waals surface area contributed by atoms with Gasteiger partial charge in [0.1, 0.15) is 0 Å². The summed E-state index contributed by atoms with van der Waals surface area (Å²) in [5, 5.41) is 40.7. The number of halogens is 1. The Bertz CT molecular complexity index is 1680. The van der Waals surface area contributed by atoms with E-state index in [4.69, 9.17) is 0 Å². The molecule has 4 N–H and O–H groups in total. The summed E-state index contributed by atoms with van der Waals surface area (Å²) in [6.07, 6.45) is 0. The molecule has 1 fully saturated rings. The molecular formula is C25H30ClN5O7. The molecule has 0 radical (unpaired) electrons. The molecule has 0 saturated carbocycles. The molecule has 38 heavy (non-hydrogen) atoms. The molecule has 3 heterocycles. The maximum atomic E-state index is 13.7. The maximum Gasteiger partial charge on any atom is 0.263 e. The molecule has 2 aliphatic heterocycles. The number of hydrogen-bond donors (Lipinski definition) is 4. The van der Waals surface area contributed by atoms with Crippen molar-refractivity contribution in [3.8, 4) is 17.0 Å². The van der Waals surface area contributed by atoms with Gasteiger partial charge in [-0.1, -0.05) is 0 Å². The van der Waals surface area contributed by atoms with Gasteiger partial charge in [0.05, 0.1) is 66.8 Å². The summed E-state index contributed by atoms with van der Waals surface area (Å²) in [4.78, 5) is 49.3. The average molecular weight is 548 g/mol. The maximum absolute atomic E-state index is 13.7. The molecule has 1 saturated heterocycles. The predicted octanol–water partition coefficient (Wildman–Crippen LogP) is -1.59. The van der Waals surface area contributed by atoms with Crippen molar-refractivity contribution in [3.05, 3.63) is 48.6 Å². The Kier molecular flexibility index (Phi) is 7.90. The first-order valence-electron chi connectivity index (χ1n) is 12.2. The molecule has 1 aliphatic carbocycles. The molecule has 1 aromatic heterocycles. The number of likely N-dealkylation sites (N-methyl/N-ethyl adjacent to an activating group) is 1. The van der Waals surface area contributed by atoms with Crippen molar-refractivity contribution in [1.82, 2.24) is 14.0 Å². The number of aromatic nitrogens is 2. The lowest BCUT2D eigenvalue weighted by Crippen LogP contribution is -2.45. The second kappa shape index (κ2) is 10.8. The van der Waals surface area contributed by atoms with Crippen LogP contribution in [0.1, 0.15) is 0 Å². The van der Waals surface area contributed by atoms with Crippen LogP contribution >= 0.6 is 12.4 Å². The van der Waals surface area contributed by atoms with Crippen LogP contribution in [0, 0.1) is 0 Å². The molecule has 3 aliphatic rings. The minimum atomic E-state index is -0.634. The standard InChI is InChI=1S/C25H29N5O7.ClH/c1-27-3-5-28(6-4-27)17-13-15-18-19-14(22(34)30(8-11-33)25(37)21(17)19)12-16(26-2-9-31)20(18)24(36)29(7-10-32)23(15)35;/h12-13,31-33,35H,2-11H2,1H3;1H. The Morgan fingerprint density at radius 2 is 1.45 bits per heavy atom. The molecule has 5 rings (SSSR count). The van der Waals surface area contributed by atoms with Gasteiger partial charge in [0.15, 0.2) is 0 Å². The highest BCUT2D eigenvalue weighted by molar-refractivity contribution is 6.19. The van der Waals surface area contributed by atoms with Crippen LogP contribution in [0.3, 0.4) is 0 Å². The van der Waals surface area contributed by atoms with E-state index in [0.29, 0.717) is 18.8 Å². The third-order valence-corrected chi connectivity index (χ3v) is 7.13. The van der Waals surface area contributed by atoms with Gasteiger partial charge in [-0.15, -0.1) is 12.4 Å². The Balaban J connectivity index is 0.00000336. The van der Waals surface area contributed by atoms with Gasteiger partial charge < -0.3 is 30.2 Å². The number of rotatable bonds is 7. The molecule has 204 valence electrons. The van der Waals surface area contributed by atoms with E-state index in [2.05, 4.69) is 9.89 Å². The first-order chi connectivity index (χ1) is 17.8. The van der Waals surface area contributed by atoms with Gasteiger partial charge in [-0.3, -0.25) is 28.5 Å². The Morgan fingerprint density at radius 1 is 0.816 bits per heavy atom. The Morgan fingerprint density at radius 3 is 2.08 bits per heavy atom. The van der Waals surface area contributed by atoms with Crippen molar-refractivity contribution in [2.45, 2.75) is 13.1 Å². The van der Waals surface area contributed by atoms with Crippen molar-refractivity contribution in [2.24, 2.45) is 4.99 Å². The molecule has 0 amide bonds. The zero-order chi connectivity index (χ0) is 26.4. The van der Waals surface area contributed by atoms with E-state index in [9.17, 15) is 34.8 Å². The van der Waals surface area contributed by atoms with Gasteiger partial charge in [0, 0.05) is 42.5 Å². The third kappa shape index (κ3) is 4.18. The van der Waals surface area contributed by atoms with Crippen molar-refractivity contribution >= 4 is 39.6 Å². The van der Waals surface area contributed by atoms with Crippen LogP contribution in [-0.4, -0.2) is 94.1 Å². The average Bonchev–Trinajstić information content (AvgIpc) is 2.89. The normalized spacial score (nSPS) is 15.3. The first-order valence-corrected chi connectivity index (χ1v) is 12.2. The second-order valence-electron chi connectivity index (χ2n) is 9.27. The predicted molar refractivity (Wildman–Crippen MR) is 146 cm³/mol. The number of aliphatic hydroxyl groups excluding tert-OH is 3. The fourth-order valence-corrected chi connectivity index (χ4v) is 5.34. The zero-order valence-electron chi connectivity index (χ0n) is 20.9. The van der Waals surface area contributed by atoms with Gasteiger partial charge >= 0.3 is 0 Å². The summed E-state index contributed by atoms with van der Waals surface area (Å²) in [5.41, 5.74) is -0.928. The van der Waals surface area contributed by atoms with Gasteiger partial charge in [0.2, 0.25) is 5.88 Å². The summed E-state index contributed by atoms with van der Waals surface area (Å²) >= 11 is 0. The number of aliphatic hydroxyl groups is 3. The highest BCUT2D eigenvalue weighted by Crippen LogP contribution is 2.42. The highest BCUT2D eigenvalue weighted by atomic mass is 35.5. The molecule has 0 spiro atoms. The quantitative estimate of drug-likeness (QED) is 0.200. The number of hydrogen-bond acceptors (Lipinski definition) is 10. The van der Waals surface area contributed by atoms with Crippen LogP contribution in [0.4, 0.5) is 5.69 Å². The third-order valence-electron chi connectivity index (χ3n) is 7.13. The summed E-state index contributed by atoms with van der Waals surface area (Å²) in [6.45, 7) is 1.17. The number of benzene rings is 2. The molecule has 13 heteroatoms. The van der Waals surface area contributed by atoms with Crippen molar-refractivity contribution < 1.29 is 20.4 Å². The van der Waals surface area contributed by atoms with Crippen molar-refractivity contribution in [2.75, 3.05) is 64.5 Å². The molecule has 0 atom stereocenters. The number of nitrogens with zero attached hydrogens (tertiary/aromatic N) is 5. The minimum absolute atomic E-state index is 0. The minimum Gasteiger partial charge on any atom is -0.494 e. The van der Waals surface area contributed by atoms with Crippen LogP contribution < -0.4 is 26.9 Å². The van der Waals surface area contributed by atoms with E-state index in [1.54, 1.807) is 6.07 Å². The monoisotopic (exact) mass is 547 g/mol. The van der Waals surface area contributed by atoms with Gasteiger partial charge in [-0.25, -0.2) is 0 Å². The Labute approximate surface area is 222 Å². The van der Waals surface area contributed by atoms with E-state index in [-0.39, 0.29) is 82.6 Å². The number of piperazine rings is 1. The van der Waals surface area contributed by atoms with Gasteiger partial charge in [-0.05, 0) is 19.2 Å². The van der Waals surface area contributed by atoms with Crippen LogP contribution in [0.15, 0.2) is 31.5 Å². The Hall–Kier alpha value is -3.29. The summed E-state index contributed by atoms with van der Waals surface area (Å²) in [7, 11) is 2.00. The summed E-state index contributed by atoms with van der Waals surface area (Å²) < 4.78 is 2.04. The topological polar surface area (TPSA) is 161 Å². The number of anilines is 1. The lowest BCUT2D eigenvalue weighted by Gasteiger charge is -2.35. The molecule has 0 unspecified atom stereocenters. The SMILES string of the molecule is CN1CCN(c2cc3c(O)n(CCO)c(=O)c4c(=NCCO)cc5c(=O)n(CCO)c(=O)c2c-5c34)CC1.Cl. The van der Waals surface area contributed by atoms with Crippen LogP contribution in [0.25, 0.3) is 32.7 Å². The van der Waals surface area contributed by atoms with Crippen LogP contribution in [0.2, 0.25) is 0 Å². The largest absolute Gasteiger partial charge is 0.494 e.